The largest absolute Gasteiger partial charge is 0.478 e. The highest BCUT2D eigenvalue weighted by Gasteiger charge is 2.30. The van der Waals surface area contributed by atoms with E-state index in [2.05, 4.69) is 12.6 Å². The molecule has 1 unspecified atom stereocenters. The second-order valence-electron chi connectivity index (χ2n) is 5.51. The molecule has 1 N–H and O–H groups in total. The Labute approximate surface area is 134 Å². The van der Waals surface area contributed by atoms with Gasteiger partial charge < -0.3 is 10.0 Å². The Hall–Kier alpha value is -2.88. The van der Waals surface area contributed by atoms with E-state index in [4.69, 9.17) is 5.11 Å². The predicted octanol–water partition coefficient (Wildman–Crippen LogP) is 3.04. The van der Waals surface area contributed by atoms with Gasteiger partial charge in [-0.05, 0) is 41.3 Å². The SMILES string of the molecule is C=CC(=O)N1CCc2ccccc2C1c1ccc(C(=O)O)cc1. The fourth-order valence-corrected chi connectivity index (χ4v) is 3.09. The predicted molar refractivity (Wildman–Crippen MR) is 87.3 cm³/mol. The van der Waals surface area contributed by atoms with Gasteiger partial charge in [0.05, 0.1) is 11.6 Å². The monoisotopic (exact) mass is 307 g/mol. The standard InChI is InChI=1S/C19H17NO3/c1-2-17(21)20-12-11-13-5-3-4-6-16(13)18(20)14-7-9-15(10-8-14)19(22)23/h2-10,18H,1,11-12H2,(H,22,23). The van der Waals surface area contributed by atoms with Crippen LogP contribution in [0.1, 0.15) is 33.1 Å². The van der Waals surface area contributed by atoms with Crippen LogP contribution in [-0.2, 0) is 11.2 Å². The summed E-state index contributed by atoms with van der Waals surface area (Å²) < 4.78 is 0. The van der Waals surface area contributed by atoms with Gasteiger partial charge >= 0.3 is 5.97 Å². The maximum Gasteiger partial charge on any atom is 0.335 e. The van der Waals surface area contributed by atoms with Gasteiger partial charge in [-0.25, -0.2) is 4.79 Å². The maximum atomic E-state index is 12.2. The molecule has 2 aromatic carbocycles. The van der Waals surface area contributed by atoms with Crippen molar-refractivity contribution < 1.29 is 14.7 Å². The fraction of sp³-hybridized carbons (Fsp3) is 0.158. The molecule has 116 valence electrons. The summed E-state index contributed by atoms with van der Waals surface area (Å²) in [5, 5.41) is 9.04. The van der Waals surface area contributed by atoms with Crippen molar-refractivity contribution in [3.63, 3.8) is 0 Å². The van der Waals surface area contributed by atoms with E-state index < -0.39 is 5.97 Å². The van der Waals surface area contributed by atoms with Crippen LogP contribution < -0.4 is 0 Å². The van der Waals surface area contributed by atoms with Crippen molar-refractivity contribution in [2.75, 3.05) is 6.54 Å². The van der Waals surface area contributed by atoms with E-state index in [0.29, 0.717) is 6.54 Å². The van der Waals surface area contributed by atoms with Crippen LogP contribution in [0, 0.1) is 0 Å². The van der Waals surface area contributed by atoms with Crippen LogP contribution in [-0.4, -0.2) is 28.4 Å². The number of hydrogen-bond donors (Lipinski definition) is 1. The molecule has 0 bridgehead atoms. The second kappa shape index (κ2) is 6.08. The molecule has 0 saturated heterocycles. The molecular weight excluding hydrogens is 290 g/mol. The highest BCUT2D eigenvalue weighted by molar-refractivity contribution is 5.88. The van der Waals surface area contributed by atoms with Crippen LogP contribution >= 0.6 is 0 Å². The number of carbonyl (C=O) groups is 2. The Bertz CT molecular complexity index is 764. The number of carboxylic acids is 1. The minimum absolute atomic E-state index is 0.119. The molecule has 0 spiro atoms. The van der Waals surface area contributed by atoms with Crippen molar-refractivity contribution in [3.05, 3.63) is 83.4 Å². The van der Waals surface area contributed by atoms with Crippen LogP contribution in [0.4, 0.5) is 0 Å². The second-order valence-corrected chi connectivity index (χ2v) is 5.51. The van der Waals surface area contributed by atoms with Gasteiger partial charge in [0.15, 0.2) is 0 Å². The summed E-state index contributed by atoms with van der Waals surface area (Å²) in [6, 6.07) is 14.5. The van der Waals surface area contributed by atoms with Crippen molar-refractivity contribution in [1.82, 2.24) is 4.90 Å². The molecule has 0 fully saturated rings. The van der Waals surface area contributed by atoms with Crippen LogP contribution in [0.15, 0.2) is 61.2 Å². The van der Waals surface area contributed by atoms with E-state index in [1.54, 1.807) is 29.2 Å². The number of hydrogen-bond acceptors (Lipinski definition) is 2. The molecule has 1 atom stereocenters. The first-order valence-corrected chi connectivity index (χ1v) is 7.46. The van der Waals surface area contributed by atoms with Gasteiger partial charge in [0, 0.05) is 6.54 Å². The molecule has 2 aromatic rings. The van der Waals surface area contributed by atoms with E-state index in [1.165, 1.54) is 11.6 Å². The summed E-state index contributed by atoms with van der Waals surface area (Å²) in [5.74, 6) is -1.08. The average Bonchev–Trinajstić information content (AvgIpc) is 2.60. The third-order valence-electron chi connectivity index (χ3n) is 4.21. The van der Waals surface area contributed by atoms with E-state index in [9.17, 15) is 9.59 Å². The highest BCUT2D eigenvalue weighted by Crippen LogP contribution is 2.35. The first kappa shape index (κ1) is 15.0. The van der Waals surface area contributed by atoms with Crippen LogP contribution in [0.2, 0.25) is 0 Å². The van der Waals surface area contributed by atoms with Crippen molar-refractivity contribution in [3.8, 4) is 0 Å². The lowest BCUT2D eigenvalue weighted by Crippen LogP contribution is -2.39. The van der Waals surface area contributed by atoms with E-state index in [1.807, 2.05) is 18.2 Å². The molecule has 4 nitrogen and oxygen atoms in total. The molecule has 0 aliphatic carbocycles. The van der Waals surface area contributed by atoms with Gasteiger partial charge in [0.1, 0.15) is 0 Å². The lowest BCUT2D eigenvalue weighted by molar-refractivity contribution is -0.128. The summed E-state index contributed by atoms with van der Waals surface area (Å²) in [6.07, 6.45) is 2.13. The molecule has 1 heterocycles. The normalized spacial score (nSPS) is 16.5. The number of rotatable bonds is 3. The Morgan fingerprint density at radius 1 is 1.13 bits per heavy atom. The molecule has 3 rings (SSSR count). The maximum absolute atomic E-state index is 12.2. The fourth-order valence-electron chi connectivity index (χ4n) is 3.09. The Morgan fingerprint density at radius 2 is 1.83 bits per heavy atom. The third-order valence-corrected chi connectivity index (χ3v) is 4.21. The molecule has 1 amide bonds. The number of fused-ring (bicyclic) bond motifs is 1. The zero-order chi connectivity index (χ0) is 16.4. The Morgan fingerprint density at radius 3 is 2.48 bits per heavy atom. The van der Waals surface area contributed by atoms with Crippen LogP contribution in [0.3, 0.4) is 0 Å². The molecular formula is C19H17NO3. The van der Waals surface area contributed by atoms with Gasteiger partial charge in [-0.2, -0.15) is 0 Å². The van der Waals surface area contributed by atoms with Gasteiger partial charge in [0.25, 0.3) is 0 Å². The number of aromatic carboxylic acids is 1. The number of carbonyl (C=O) groups excluding carboxylic acids is 1. The smallest absolute Gasteiger partial charge is 0.335 e. The van der Waals surface area contributed by atoms with Crippen molar-refractivity contribution in [2.45, 2.75) is 12.5 Å². The van der Waals surface area contributed by atoms with Gasteiger partial charge in [-0.1, -0.05) is 43.0 Å². The zero-order valence-corrected chi connectivity index (χ0v) is 12.6. The molecule has 4 heteroatoms. The molecule has 0 aromatic heterocycles. The molecule has 23 heavy (non-hydrogen) atoms. The van der Waals surface area contributed by atoms with Gasteiger partial charge in [-0.3, -0.25) is 4.79 Å². The molecule has 1 aliphatic heterocycles. The summed E-state index contributed by atoms with van der Waals surface area (Å²) in [5.41, 5.74) is 3.43. The lowest BCUT2D eigenvalue weighted by atomic mass is 9.88. The summed E-state index contributed by atoms with van der Waals surface area (Å²) >= 11 is 0. The number of amides is 1. The first-order valence-electron chi connectivity index (χ1n) is 7.46. The zero-order valence-electron chi connectivity index (χ0n) is 12.6. The number of nitrogens with zero attached hydrogens (tertiary/aromatic N) is 1. The van der Waals surface area contributed by atoms with Crippen LogP contribution in [0.5, 0.6) is 0 Å². The van der Waals surface area contributed by atoms with Crippen molar-refractivity contribution >= 4 is 11.9 Å². The summed E-state index contributed by atoms with van der Waals surface area (Å²) in [6.45, 7) is 4.21. The lowest BCUT2D eigenvalue weighted by Gasteiger charge is -2.37. The molecule has 0 radical (unpaired) electrons. The van der Waals surface area contributed by atoms with Crippen molar-refractivity contribution in [1.29, 1.82) is 0 Å². The first-order chi connectivity index (χ1) is 11.1. The topological polar surface area (TPSA) is 57.6 Å². The quantitative estimate of drug-likeness (QED) is 0.887. The summed E-state index contributed by atoms with van der Waals surface area (Å²) in [7, 11) is 0. The van der Waals surface area contributed by atoms with E-state index >= 15 is 0 Å². The molecule has 0 saturated carbocycles. The third kappa shape index (κ3) is 2.75. The Balaban J connectivity index is 2.08. The van der Waals surface area contributed by atoms with E-state index in [-0.39, 0.29) is 17.5 Å². The molecule has 1 aliphatic rings. The Kier molecular flexibility index (Phi) is 3.98. The van der Waals surface area contributed by atoms with Crippen LogP contribution in [0.25, 0.3) is 0 Å². The van der Waals surface area contributed by atoms with Gasteiger partial charge in [0.2, 0.25) is 5.91 Å². The minimum Gasteiger partial charge on any atom is -0.478 e. The van der Waals surface area contributed by atoms with Gasteiger partial charge in [-0.15, -0.1) is 0 Å². The number of carboxylic acid groups (broad SMARTS) is 1. The van der Waals surface area contributed by atoms with E-state index in [0.717, 1.165) is 17.5 Å². The van der Waals surface area contributed by atoms with Crippen molar-refractivity contribution in [2.24, 2.45) is 0 Å². The minimum atomic E-state index is -0.959. The number of benzene rings is 2. The highest BCUT2D eigenvalue weighted by atomic mass is 16.4. The summed E-state index contributed by atoms with van der Waals surface area (Å²) in [4.78, 5) is 25.1. The average molecular weight is 307 g/mol.